The molecule has 1 saturated heterocycles. The fourth-order valence-electron chi connectivity index (χ4n) is 2.97. The minimum absolute atomic E-state index is 0.0112. The maximum atomic E-state index is 12.8. The lowest BCUT2D eigenvalue weighted by Crippen LogP contribution is -2.32. The van der Waals surface area contributed by atoms with Crippen LogP contribution in [0.15, 0.2) is 29.1 Å². The van der Waals surface area contributed by atoms with Crippen molar-refractivity contribution >= 4 is 38.2 Å². The molecule has 0 atom stereocenters. The van der Waals surface area contributed by atoms with Gasteiger partial charge in [0.05, 0.1) is 10.2 Å². The third-order valence-corrected chi connectivity index (χ3v) is 5.01. The lowest BCUT2D eigenvalue weighted by atomic mass is 10.2. The first kappa shape index (κ1) is 13.3. The molecule has 1 aliphatic rings. The van der Waals surface area contributed by atoms with Crippen LogP contribution in [0.4, 0.5) is 5.82 Å². The maximum Gasteiger partial charge on any atom is 0.274 e. The van der Waals surface area contributed by atoms with Gasteiger partial charge in [-0.2, -0.15) is 0 Å². The first-order valence-corrected chi connectivity index (χ1v) is 7.97. The molecule has 1 fully saturated rings. The topological polar surface area (TPSA) is 80.7 Å². The molecule has 22 heavy (non-hydrogen) atoms. The van der Waals surface area contributed by atoms with Crippen LogP contribution in [0.25, 0.3) is 15.2 Å². The molecule has 0 aliphatic carbocycles. The van der Waals surface area contributed by atoms with Gasteiger partial charge in [-0.05, 0) is 25.0 Å². The Bertz CT molecular complexity index is 953. The molecule has 0 spiro atoms. The lowest BCUT2D eigenvalue weighted by Gasteiger charge is -2.18. The van der Waals surface area contributed by atoms with Crippen molar-refractivity contribution in [2.24, 2.45) is 5.73 Å². The summed E-state index contributed by atoms with van der Waals surface area (Å²) in [4.78, 5) is 31.8. The van der Waals surface area contributed by atoms with Gasteiger partial charge in [0.25, 0.3) is 11.5 Å². The number of nitrogens with zero attached hydrogens (tertiary/aromatic N) is 3. The van der Waals surface area contributed by atoms with E-state index in [2.05, 4.69) is 4.98 Å². The van der Waals surface area contributed by atoms with Crippen LogP contribution in [0.5, 0.6) is 0 Å². The molecule has 2 aromatic heterocycles. The van der Waals surface area contributed by atoms with Crippen molar-refractivity contribution in [2.75, 3.05) is 18.0 Å². The highest BCUT2D eigenvalue weighted by Crippen LogP contribution is 2.27. The number of anilines is 1. The zero-order valence-corrected chi connectivity index (χ0v) is 12.6. The van der Waals surface area contributed by atoms with Crippen LogP contribution in [0.3, 0.4) is 0 Å². The third kappa shape index (κ3) is 1.82. The largest absolute Gasteiger partial charge is 0.365 e. The minimum Gasteiger partial charge on any atom is -0.365 e. The molecule has 0 bridgehead atoms. The quantitative estimate of drug-likeness (QED) is 0.779. The van der Waals surface area contributed by atoms with E-state index in [1.165, 1.54) is 15.7 Å². The molecule has 0 radical (unpaired) electrons. The molecule has 1 aliphatic heterocycles. The van der Waals surface area contributed by atoms with E-state index >= 15 is 0 Å². The van der Waals surface area contributed by atoms with Crippen LogP contribution in [0.2, 0.25) is 0 Å². The molecule has 1 amide bonds. The van der Waals surface area contributed by atoms with Gasteiger partial charge >= 0.3 is 0 Å². The number of rotatable bonds is 2. The summed E-state index contributed by atoms with van der Waals surface area (Å²) in [5.41, 5.74) is 5.84. The van der Waals surface area contributed by atoms with Crippen LogP contribution in [0, 0.1) is 0 Å². The van der Waals surface area contributed by atoms with Crippen LogP contribution < -0.4 is 16.2 Å². The predicted octanol–water partition coefficient (Wildman–Crippen LogP) is 1.61. The highest BCUT2D eigenvalue weighted by atomic mass is 32.1. The second kappa shape index (κ2) is 4.81. The van der Waals surface area contributed by atoms with Crippen LogP contribution in [-0.2, 0) is 0 Å². The minimum atomic E-state index is -0.718. The van der Waals surface area contributed by atoms with E-state index < -0.39 is 5.91 Å². The highest BCUT2D eigenvalue weighted by molar-refractivity contribution is 7.23. The van der Waals surface area contributed by atoms with E-state index in [-0.39, 0.29) is 11.1 Å². The summed E-state index contributed by atoms with van der Waals surface area (Å²) in [6, 6.07) is 7.56. The van der Waals surface area contributed by atoms with E-state index in [0.717, 1.165) is 36.1 Å². The molecule has 6 nitrogen and oxygen atoms in total. The fraction of sp³-hybridized carbons (Fsp3) is 0.267. The molecule has 7 heteroatoms. The number of carbonyl (C=O) groups excluding carboxylic acids is 1. The Hall–Kier alpha value is -2.41. The van der Waals surface area contributed by atoms with E-state index in [1.807, 2.05) is 29.2 Å². The van der Waals surface area contributed by atoms with Crippen molar-refractivity contribution in [1.82, 2.24) is 9.38 Å². The number of nitrogens with two attached hydrogens (primary N) is 1. The van der Waals surface area contributed by atoms with Gasteiger partial charge in [-0.15, -0.1) is 0 Å². The average Bonchev–Trinajstić information content (AvgIpc) is 3.13. The third-order valence-electron chi connectivity index (χ3n) is 3.99. The first-order chi connectivity index (χ1) is 10.7. The number of aromatic nitrogens is 2. The Morgan fingerprint density at radius 2 is 1.95 bits per heavy atom. The predicted molar refractivity (Wildman–Crippen MR) is 86.8 cm³/mol. The number of thiazole rings is 1. The molecule has 112 valence electrons. The van der Waals surface area contributed by atoms with E-state index in [9.17, 15) is 9.59 Å². The van der Waals surface area contributed by atoms with Gasteiger partial charge in [0.2, 0.25) is 0 Å². The number of amides is 1. The molecular formula is C15H14N4O2S. The number of carbonyl (C=O) groups is 1. The smallest absolute Gasteiger partial charge is 0.274 e. The van der Waals surface area contributed by atoms with Crippen molar-refractivity contribution in [1.29, 1.82) is 0 Å². The summed E-state index contributed by atoms with van der Waals surface area (Å²) in [5, 5.41) is 0. The monoisotopic (exact) mass is 314 g/mol. The Morgan fingerprint density at radius 1 is 1.23 bits per heavy atom. The Labute approximate surface area is 129 Å². The van der Waals surface area contributed by atoms with Gasteiger partial charge in [0.1, 0.15) is 11.4 Å². The molecule has 0 saturated carbocycles. The Morgan fingerprint density at radius 3 is 2.68 bits per heavy atom. The maximum absolute atomic E-state index is 12.8. The molecular weight excluding hydrogens is 300 g/mol. The SMILES string of the molecule is NC(=O)c1c(N2CCCC2)nc2sc3ccccc3n2c1=O. The molecule has 0 unspecified atom stereocenters. The van der Waals surface area contributed by atoms with Crippen molar-refractivity contribution in [3.8, 4) is 0 Å². The Kier molecular flexibility index (Phi) is 2.90. The number of fused-ring (bicyclic) bond motifs is 3. The van der Waals surface area contributed by atoms with Gasteiger partial charge in [-0.1, -0.05) is 23.5 Å². The van der Waals surface area contributed by atoms with Crippen LogP contribution in [-0.4, -0.2) is 28.4 Å². The lowest BCUT2D eigenvalue weighted by molar-refractivity contribution is 0.0999. The van der Waals surface area contributed by atoms with Crippen molar-refractivity contribution in [3.05, 3.63) is 40.2 Å². The van der Waals surface area contributed by atoms with Gasteiger partial charge in [-0.3, -0.25) is 14.0 Å². The number of para-hydroxylation sites is 1. The fourth-order valence-corrected chi connectivity index (χ4v) is 3.98. The van der Waals surface area contributed by atoms with Gasteiger partial charge in [0, 0.05) is 13.1 Å². The van der Waals surface area contributed by atoms with Crippen molar-refractivity contribution in [2.45, 2.75) is 12.8 Å². The summed E-state index contributed by atoms with van der Waals surface area (Å²) >= 11 is 1.44. The zero-order valence-electron chi connectivity index (χ0n) is 11.8. The van der Waals surface area contributed by atoms with E-state index in [0.29, 0.717) is 10.8 Å². The molecule has 3 aromatic rings. The highest BCUT2D eigenvalue weighted by Gasteiger charge is 2.25. The summed E-state index contributed by atoms with van der Waals surface area (Å²) < 4.78 is 2.45. The number of hydrogen-bond donors (Lipinski definition) is 1. The second-order valence-electron chi connectivity index (χ2n) is 5.36. The normalized spacial score (nSPS) is 15.0. The van der Waals surface area contributed by atoms with Crippen LogP contribution >= 0.6 is 11.3 Å². The zero-order chi connectivity index (χ0) is 15.3. The standard InChI is InChI=1S/C15H14N4O2S/c16-12(20)11-13(18-7-3-4-8-18)17-15-19(14(11)21)9-5-1-2-6-10(9)22-15/h1-2,5-6H,3-4,7-8H2,(H2,16,20). The van der Waals surface area contributed by atoms with Gasteiger partial charge < -0.3 is 10.6 Å². The molecule has 3 heterocycles. The molecule has 1 aromatic carbocycles. The van der Waals surface area contributed by atoms with Crippen LogP contribution in [0.1, 0.15) is 23.2 Å². The average molecular weight is 314 g/mol. The van der Waals surface area contributed by atoms with E-state index in [4.69, 9.17) is 5.73 Å². The van der Waals surface area contributed by atoms with E-state index in [1.54, 1.807) is 0 Å². The van der Waals surface area contributed by atoms with Crippen molar-refractivity contribution < 1.29 is 4.79 Å². The summed E-state index contributed by atoms with van der Waals surface area (Å²) in [6.07, 6.45) is 2.07. The number of hydrogen-bond acceptors (Lipinski definition) is 5. The Balaban J connectivity index is 2.12. The second-order valence-corrected chi connectivity index (χ2v) is 6.37. The summed E-state index contributed by atoms with van der Waals surface area (Å²) in [6.45, 7) is 1.60. The molecule has 2 N–H and O–H groups in total. The van der Waals surface area contributed by atoms with Gasteiger partial charge in [-0.25, -0.2) is 4.98 Å². The van der Waals surface area contributed by atoms with Crippen molar-refractivity contribution in [3.63, 3.8) is 0 Å². The molecule has 4 rings (SSSR count). The number of benzene rings is 1. The first-order valence-electron chi connectivity index (χ1n) is 7.16. The summed E-state index contributed by atoms with van der Waals surface area (Å²) in [5.74, 6) is -0.286. The summed E-state index contributed by atoms with van der Waals surface area (Å²) in [7, 11) is 0. The van der Waals surface area contributed by atoms with Gasteiger partial charge in [0.15, 0.2) is 4.96 Å². The number of primary amides is 1.